The van der Waals surface area contributed by atoms with Gasteiger partial charge in [0.15, 0.2) is 5.75 Å². The van der Waals surface area contributed by atoms with Gasteiger partial charge in [0, 0.05) is 27.8 Å². The normalized spacial score (nSPS) is 14.1. The summed E-state index contributed by atoms with van der Waals surface area (Å²) < 4.78 is 7.00. The van der Waals surface area contributed by atoms with Crippen LogP contribution in [0.3, 0.4) is 0 Å². The molecule has 2 aliphatic heterocycles. The van der Waals surface area contributed by atoms with E-state index in [2.05, 4.69) is 139 Å². The summed E-state index contributed by atoms with van der Waals surface area (Å²) in [6.07, 6.45) is 0. The molecule has 2 nitrogen and oxygen atoms in total. The standard InChI is InChI=1S/C35H23NO/c1-3-12-24(13-4-1)35(25-14-5-2-6-15-25)28-18-10-20-31-33(28)37-34-29(35)22-21-23-11-9-17-27(32(23)34)26-16-7-8-19-30(26)36-31/h1-22,36H. The second-order valence-electron chi connectivity index (χ2n) is 9.78. The first-order chi connectivity index (χ1) is 18.4. The second-order valence-corrected chi connectivity index (χ2v) is 9.78. The summed E-state index contributed by atoms with van der Waals surface area (Å²) in [4.78, 5) is 0. The lowest BCUT2D eigenvalue weighted by atomic mass is 9.63. The minimum Gasteiger partial charge on any atom is -0.454 e. The van der Waals surface area contributed by atoms with E-state index in [-0.39, 0.29) is 0 Å². The zero-order valence-corrected chi connectivity index (χ0v) is 20.1. The molecule has 0 aliphatic carbocycles. The number of benzene rings is 6. The van der Waals surface area contributed by atoms with E-state index in [1.807, 2.05) is 0 Å². The fourth-order valence-corrected chi connectivity index (χ4v) is 6.40. The van der Waals surface area contributed by atoms with E-state index in [1.165, 1.54) is 27.6 Å². The minimum atomic E-state index is -0.541. The largest absolute Gasteiger partial charge is 0.454 e. The van der Waals surface area contributed by atoms with Gasteiger partial charge in [0.25, 0.3) is 0 Å². The van der Waals surface area contributed by atoms with Crippen LogP contribution in [0.15, 0.2) is 133 Å². The van der Waals surface area contributed by atoms with Crippen molar-refractivity contribution in [2.75, 3.05) is 5.32 Å². The third-order valence-electron chi connectivity index (χ3n) is 7.93. The SMILES string of the molecule is c1ccc(C2(c3ccccc3)c3cccc4c3Oc3c2ccc2cccc(c32)-c2ccccc2N4)cc1. The Morgan fingerprint density at radius 2 is 1.08 bits per heavy atom. The lowest BCUT2D eigenvalue weighted by molar-refractivity contribution is 0.442. The monoisotopic (exact) mass is 473 g/mol. The van der Waals surface area contributed by atoms with Gasteiger partial charge in [0.05, 0.1) is 11.1 Å². The van der Waals surface area contributed by atoms with E-state index in [9.17, 15) is 0 Å². The molecule has 0 radical (unpaired) electrons. The Morgan fingerprint density at radius 3 is 1.86 bits per heavy atom. The quantitative estimate of drug-likeness (QED) is 0.270. The molecule has 0 unspecified atom stereocenters. The van der Waals surface area contributed by atoms with E-state index in [0.717, 1.165) is 39.4 Å². The molecule has 0 aromatic heterocycles. The molecule has 2 heteroatoms. The van der Waals surface area contributed by atoms with E-state index < -0.39 is 5.41 Å². The minimum absolute atomic E-state index is 0.541. The Kier molecular flexibility index (Phi) is 4.18. The molecule has 0 atom stereocenters. The van der Waals surface area contributed by atoms with Gasteiger partial charge in [-0.05, 0) is 34.2 Å². The first kappa shape index (κ1) is 20.4. The summed E-state index contributed by atoms with van der Waals surface area (Å²) in [5, 5.41) is 6.06. The van der Waals surface area contributed by atoms with Gasteiger partial charge in [-0.25, -0.2) is 0 Å². The molecule has 174 valence electrons. The molecule has 2 aliphatic rings. The van der Waals surface area contributed by atoms with Crippen molar-refractivity contribution < 1.29 is 4.74 Å². The lowest BCUT2D eigenvalue weighted by Crippen LogP contribution is -2.34. The van der Waals surface area contributed by atoms with Crippen LogP contribution in [0.2, 0.25) is 0 Å². The van der Waals surface area contributed by atoms with Gasteiger partial charge in [-0.1, -0.05) is 121 Å². The summed E-state index contributed by atoms with van der Waals surface area (Å²) >= 11 is 0. The Balaban J connectivity index is 1.64. The van der Waals surface area contributed by atoms with Gasteiger partial charge >= 0.3 is 0 Å². The fraction of sp³-hybridized carbons (Fsp3) is 0.0286. The van der Waals surface area contributed by atoms with Crippen molar-refractivity contribution in [3.8, 4) is 22.6 Å². The molecule has 2 heterocycles. The molecule has 1 N–H and O–H groups in total. The van der Waals surface area contributed by atoms with Crippen molar-refractivity contribution in [3.63, 3.8) is 0 Å². The molecule has 0 fully saturated rings. The molecule has 6 aromatic carbocycles. The zero-order chi connectivity index (χ0) is 24.4. The number of nitrogens with one attached hydrogen (secondary N) is 1. The van der Waals surface area contributed by atoms with E-state index in [4.69, 9.17) is 4.74 Å². The average molecular weight is 474 g/mol. The molecule has 8 rings (SSSR count). The number of hydrogen-bond acceptors (Lipinski definition) is 2. The summed E-state index contributed by atoms with van der Waals surface area (Å²) in [6, 6.07) is 47.8. The maximum absolute atomic E-state index is 7.00. The lowest BCUT2D eigenvalue weighted by Gasteiger charge is -2.42. The van der Waals surface area contributed by atoms with E-state index in [1.54, 1.807) is 0 Å². The predicted octanol–water partition coefficient (Wildman–Crippen LogP) is 9.05. The van der Waals surface area contributed by atoms with Gasteiger partial charge in [0.1, 0.15) is 5.75 Å². The molecule has 0 amide bonds. The summed E-state index contributed by atoms with van der Waals surface area (Å²) in [6.45, 7) is 0. The third kappa shape index (κ3) is 2.70. The summed E-state index contributed by atoms with van der Waals surface area (Å²) in [5.41, 5.74) is 8.58. The first-order valence-corrected chi connectivity index (χ1v) is 12.7. The van der Waals surface area contributed by atoms with Crippen molar-refractivity contribution in [2.45, 2.75) is 5.41 Å². The zero-order valence-electron chi connectivity index (χ0n) is 20.1. The number of para-hydroxylation sites is 2. The van der Waals surface area contributed by atoms with Crippen LogP contribution in [0.4, 0.5) is 11.4 Å². The molecular weight excluding hydrogens is 450 g/mol. The maximum atomic E-state index is 7.00. The van der Waals surface area contributed by atoms with Gasteiger partial charge < -0.3 is 10.1 Å². The second kappa shape index (κ2) is 7.59. The third-order valence-corrected chi connectivity index (χ3v) is 7.93. The van der Waals surface area contributed by atoms with Crippen molar-refractivity contribution in [1.82, 2.24) is 0 Å². The highest BCUT2D eigenvalue weighted by Gasteiger charge is 2.47. The van der Waals surface area contributed by atoms with Gasteiger partial charge in [-0.15, -0.1) is 0 Å². The van der Waals surface area contributed by atoms with Crippen molar-refractivity contribution in [2.24, 2.45) is 0 Å². The summed E-state index contributed by atoms with van der Waals surface area (Å²) in [7, 11) is 0. The number of ether oxygens (including phenoxy) is 1. The maximum Gasteiger partial charge on any atom is 0.155 e. The van der Waals surface area contributed by atoms with Crippen LogP contribution in [-0.4, -0.2) is 0 Å². The van der Waals surface area contributed by atoms with Crippen molar-refractivity contribution >= 4 is 22.1 Å². The number of rotatable bonds is 2. The number of fused-ring (bicyclic) bond motifs is 2. The van der Waals surface area contributed by atoms with Gasteiger partial charge in [0.2, 0.25) is 0 Å². The van der Waals surface area contributed by atoms with Gasteiger partial charge in [-0.2, -0.15) is 0 Å². The average Bonchev–Trinajstić information content (AvgIpc) is 3.02. The van der Waals surface area contributed by atoms with Crippen LogP contribution < -0.4 is 10.1 Å². The fourth-order valence-electron chi connectivity index (χ4n) is 6.40. The van der Waals surface area contributed by atoms with Crippen molar-refractivity contribution in [3.05, 3.63) is 156 Å². The smallest absolute Gasteiger partial charge is 0.155 e. The highest BCUT2D eigenvalue weighted by Crippen LogP contribution is 2.60. The molecule has 0 saturated heterocycles. The van der Waals surface area contributed by atoms with Crippen LogP contribution in [0.5, 0.6) is 11.5 Å². The molecule has 0 saturated carbocycles. The highest BCUT2D eigenvalue weighted by atomic mass is 16.5. The Hall–Kier alpha value is -4.82. The van der Waals surface area contributed by atoms with Crippen LogP contribution in [0.25, 0.3) is 21.9 Å². The molecule has 6 aromatic rings. The van der Waals surface area contributed by atoms with Crippen LogP contribution in [-0.2, 0) is 5.41 Å². The molecule has 2 bridgehead atoms. The van der Waals surface area contributed by atoms with Gasteiger partial charge in [-0.3, -0.25) is 0 Å². The topological polar surface area (TPSA) is 21.3 Å². The highest BCUT2D eigenvalue weighted by molar-refractivity contribution is 6.06. The van der Waals surface area contributed by atoms with Crippen molar-refractivity contribution in [1.29, 1.82) is 0 Å². The molecule has 0 spiro atoms. The predicted molar refractivity (Wildman–Crippen MR) is 151 cm³/mol. The summed E-state index contributed by atoms with van der Waals surface area (Å²) in [5.74, 6) is 1.81. The first-order valence-electron chi connectivity index (χ1n) is 12.7. The number of anilines is 2. The Labute approximate surface area is 215 Å². The van der Waals surface area contributed by atoms with Crippen LogP contribution >= 0.6 is 0 Å². The van der Waals surface area contributed by atoms with Crippen LogP contribution in [0, 0.1) is 0 Å². The van der Waals surface area contributed by atoms with E-state index in [0.29, 0.717) is 0 Å². The van der Waals surface area contributed by atoms with E-state index >= 15 is 0 Å². The Bertz CT molecular complexity index is 1780. The number of hydrogen-bond donors (Lipinski definition) is 1. The molecular formula is C35H23NO. The Morgan fingerprint density at radius 1 is 0.459 bits per heavy atom. The van der Waals surface area contributed by atoms with Crippen LogP contribution in [0.1, 0.15) is 22.3 Å². The molecule has 37 heavy (non-hydrogen) atoms.